The van der Waals surface area contributed by atoms with Crippen LogP contribution in [0.15, 0.2) is 29.6 Å². The number of hydrogen-bond donors (Lipinski definition) is 3. The second-order valence-electron chi connectivity index (χ2n) is 5.54. The molecular formula is C16H20N4O2S. The van der Waals surface area contributed by atoms with E-state index in [0.29, 0.717) is 24.0 Å². The molecule has 0 atom stereocenters. The molecule has 0 spiro atoms. The van der Waals surface area contributed by atoms with Crippen molar-refractivity contribution in [3.63, 3.8) is 0 Å². The van der Waals surface area contributed by atoms with E-state index < -0.39 is 6.09 Å². The molecule has 1 aliphatic heterocycles. The van der Waals surface area contributed by atoms with Gasteiger partial charge < -0.3 is 15.8 Å². The third kappa shape index (κ3) is 4.20. The standard InChI is InChI=1S/C16H20N4O2S/c17-14-10-23-15(20-14)12-3-1-2-4-13(12)19-16(21)22-9-11-5-7-18-8-6-11/h1-4,10-11,18H,5-9,17H2,(H,19,21). The summed E-state index contributed by atoms with van der Waals surface area (Å²) in [6, 6.07) is 7.50. The van der Waals surface area contributed by atoms with E-state index in [-0.39, 0.29) is 0 Å². The molecular weight excluding hydrogens is 312 g/mol. The van der Waals surface area contributed by atoms with Crippen molar-refractivity contribution in [2.45, 2.75) is 12.8 Å². The van der Waals surface area contributed by atoms with Gasteiger partial charge in [0.1, 0.15) is 10.8 Å². The van der Waals surface area contributed by atoms with Crippen LogP contribution >= 0.6 is 11.3 Å². The van der Waals surface area contributed by atoms with Crippen molar-refractivity contribution in [1.82, 2.24) is 10.3 Å². The molecule has 0 radical (unpaired) electrons. The maximum Gasteiger partial charge on any atom is 0.411 e. The number of thiazole rings is 1. The minimum atomic E-state index is -0.430. The fourth-order valence-corrected chi connectivity index (χ4v) is 3.32. The normalized spacial score (nSPS) is 15.3. The van der Waals surface area contributed by atoms with Gasteiger partial charge in [-0.05, 0) is 44.0 Å². The molecule has 1 amide bonds. The fourth-order valence-electron chi connectivity index (χ4n) is 2.58. The molecule has 1 aliphatic rings. The molecule has 7 heteroatoms. The molecule has 0 aliphatic carbocycles. The lowest BCUT2D eigenvalue weighted by atomic mass is 9.99. The van der Waals surface area contributed by atoms with Crippen molar-refractivity contribution < 1.29 is 9.53 Å². The highest BCUT2D eigenvalue weighted by Gasteiger charge is 2.16. The van der Waals surface area contributed by atoms with Gasteiger partial charge in [0.25, 0.3) is 0 Å². The summed E-state index contributed by atoms with van der Waals surface area (Å²) in [5, 5.41) is 8.66. The minimum absolute atomic E-state index is 0.430. The second kappa shape index (κ2) is 7.43. The molecule has 23 heavy (non-hydrogen) atoms. The quantitative estimate of drug-likeness (QED) is 0.801. The van der Waals surface area contributed by atoms with E-state index in [1.54, 1.807) is 5.38 Å². The van der Waals surface area contributed by atoms with Crippen molar-refractivity contribution in [1.29, 1.82) is 0 Å². The Morgan fingerprint density at radius 3 is 2.91 bits per heavy atom. The van der Waals surface area contributed by atoms with Gasteiger partial charge in [0.15, 0.2) is 0 Å². The van der Waals surface area contributed by atoms with E-state index in [9.17, 15) is 4.79 Å². The van der Waals surface area contributed by atoms with Gasteiger partial charge in [0.2, 0.25) is 0 Å². The number of carbonyl (C=O) groups is 1. The van der Waals surface area contributed by atoms with Crippen molar-refractivity contribution in [2.24, 2.45) is 5.92 Å². The zero-order valence-electron chi connectivity index (χ0n) is 12.7. The van der Waals surface area contributed by atoms with Crippen LogP contribution in [0.3, 0.4) is 0 Å². The molecule has 0 bridgehead atoms. The Morgan fingerprint density at radius 2 is 2.17 bits per heavy atom. The topological polar surface area (TPSA) is 89.3 Å². The van der Waals surface area contributed by atoms with Gasteiger partial charge in [-0.1, -0.05) is 12.1 Å². The molecule has 0 unspecified atom stereocenters. The van der Waals surface area contributed by atoms with Gasteiger partial charge in [0, 0.05) is 10.9 Å². The van der Waals surface area contributed by atoms with Crippen LogP contribution in [0.5, 0.6) is 0 Å². The van der Waals surface area contributed by atoms with Crippen LogP contribution in [0.25, 0.3) is 10.6 Å². The number of para-hydroxylation sites is 1. The van der Waals surface area contributed by atoms with Crippen LogP contribution in [0.1, 0.15) is 12.8 Å². The summed E-state index contributed by atoms with van der Waals surface area (Å²) in [6.07, 6.45) is 1.66. The highest BCUT2D eigenvalue weighted by atomic mass is 32.1. The zero-order chi connectivity index (χ0) is 16.1. The monoisotopic (exact) mass is 332 g/mol. The molecule has 122 valence electrons. The molecule has 1 saturated heterocycles. The predicted molar refractivity (Wildman–Crippen MR) is 92.5 cm³/mol. The largest absolute Gasteiger partial charge is 0.449 e. The number of benzene rings is 1. The lowest BCUT2D eigenvalue weighted by Gasteiger charge is -2.22. The van der Waals surface area contributed by atoms with E-state index in [1.807, 2.05) is 24.3 Å². The molecule has 2 heterocycles. The number of nitrogen functional groups attached to an aromatic ring is 1. The molecule has 1 fully saturated rings. The summed E-state index contributed by atoms with van der Waals surface area (Å²) in [5.74, 6) is 0.921. The molecule has 2 aromatic rings. The lowest BCUT2D eigenvalue weighted by molar-refractivity contribution is 0.131. The molecule has 1 aromatic heterocycles. The first kappa shape index (κ1) is 15.8. The van der Waals surface area contributed by atoms with E-state index in [0.717, 1.165) is 36.5 Å². The number of nitrogens with zero attached hydrogens (tertiary/aromatic N) is 1. The Balaban J connectivity index is 1.62. The van der Waals surface area contributed by atoms with Gasteiger partial charge in [-0.25, -0.2) is 9.78 Å². The van der Waals surface area contributed by atoms with Gasteiger partial charge in [0.05, 0.1) is 12.3 Å². The summed E-state index contributed by atoms with van der Waals surface area (Å²) < 4.78 is 5.36. The van der Waals surface area contributed by atoms with Crippen molar-refractivity contribution >= 4 is 28.9 Å². The Labute approximate surface area is 139 Å². The Bertz CT molecular complexity index is 668. The average Bonchev–Trinajstić information content (AvgIpc) is 3.01. The van der Waals surface area contributed by atoms with Gasteiger partial charge in [-0.2, -0.15) is 0 Å². The number of rotatable bonds is 4. The number of nitrogens with two attached hydrogens (primary N) is 1. The van der Waals surface area contributed by atoms with Crippen LogP contribution in [0, 0.1) is 5.92 Å². The first-order chi connectivity index (χ1) is 11.2. The van der Waals surface area contributed by atoms with E-state index in [1.165, 1.54) is 11.3 Å². The number of ether oxygens (including phenoxy) is 1. The molecule has 6 nitrogen and oxygen atoms in total. The van der Waals surface area contributed by atoms with Gasteiger partial charge >= 0.3 is 6.09 Å². The number of carbonyl (C=O) groups excluding carboxylic acids is 1. The van der Waals surface area contributed by atoms with Crippen LogP contribution in [0.2, 0.25) is 0 Å². The number of piperidine rings is 1. The Morgan fingerprint density at radius 1 is 1.39 bits per heavy atom. The van der Waals surface area contributed by atoms with E-state index in [2.05, 4.69) is 15.6 Å². The number of hydrogen-bond acceptors (Lipinski definition) is 6. The fraction of sp³-hybridized carbons (Fsp3) is 0.375. The van der Waals surface area contributed by atoms with E-state index >= 15 is 0 Å². The minimum Gasteiger partial charge on any atom is -0.449 e. The number of aromatic nitrogens is 1. The highest BCUT2D eigenvalue weighted by Crippen LogP contribution is 2.31. The van der Waals surface area contributed by atoms with Crippen molar-refractivity contribution in [2.75, 3.05) is 30.7 Å². The van der Waals surface area contributed by atoms with Gasteiger partial charge in [-0.3, -0.25) is 5.32 Å². The summed E-state index contributed by atoms with van der Waals surface area (Å²) in [4.78, 5) is 16.3. The first-order valence-corrected chi connectivity index (χ1v) is 8.55. The molecule has 4 N–H and O–H groups in total. The third-order valence-electron chi connectivity index (χ3n) is 3.83. The van der Waals surface area contributed by atoms with E-state index in [4.69, 9.17) is 10.5 Å². The summed E-state index contributed by atoms with van der Waals surface area (Å²) in [6.45, 7) is 2.44. The van der Waals surface area contributed by atoms with Crippen molar-refractivity contribution in [3.8, 4) is 10.6 Å². The average molecular weight is 332 g/mol. The highest BCUT2D eigenvalue weighted by molar-refractivity contribution is 7.13. The van der Waals surface area contributed by atoms with Gasteiger partial charge in [-0.15, -0.1) is 11.3 Å². The van der Waals surface area contributed by atoms with Crippen LogP contribution < -0.4 is 16.4 Å². The maximum absolute atomic E-state index is 12.1. The Hall–Kier alpha value is -2.12. The van der Waals surface area contributed by atoms with Crippen LogP contribution in [-0.4, -0.2) is 30.8 Å². The van der Waals surface area contributed by atoms with Crippen LogP contribution in [-0.2, 0) is 4.74 Å². The number of nitrogens with one attached hydrogen (secondary N) is 2. The number of anilines is 2. The third-order valence-corrected chi connectivity index (χ3v) is 4.72. The SMILES string of the molecule is Nc1csc(-c2ccccc2NC(=O)OCC2CCNCC2)n1. The van der Waals surface area contributed by atoms with Crippen LogP contribution in [0.4, 0.5) is 16.3 Å². The molecule has 1 aromatic carbocycles. The second-order valence-corrected chi connectivity index (χ2v) is 6.40. The molecule has 3 rings (SSSR count). The maximum atomic E-state index is 12.1. The summed E-state index contributed by atoms with van der Waals surface area (Å²) in [7, 11) is 0. The lowest BCUT2D eigenvalue weighted by Crippen LogP contribution is -2.31. The summed E-state index contributed by atoms with van der Waals surface area (Å²) in [5.41, 5.74) is 7.20. The summed E-state index contributed by atoms with van der Waals surface area (Å²) >= 11 is 1.44. The Kier molecular flexibility index (Phi) is 5.09. The number of amides is 1. The predicted octanol–water partition coefficient (Wildman–Crippen LogP) is 2.94. The zero-order valence-corrected chi connectivity index (χ0v) is 13.6. The smallest absolute Gasteiger partial charge is 0.411 e. The molecule has 0 saturated carbocycles. The van der Waals surface area contributed by atoms with Crippen molar-refractivity contribution in [3.05, 3.63) is 29.6 Å². The first-order valence-electron chi connectivity index (χ1n) is 7.67.